The first-order chi connectivity index (χ1) is 9.52. The topological polar surface area (TPSA) is 49.3 Å². The number of hydrogen-bond acceptors (Lipinski definition) is 2. The second kappa shape index (κ2) is 6.39. The molecule has 0 spiro atoms. The predicted molar refractivity (Wildman–Crippen MR) is 76.5 cm³/mol. The van der Waals surface area contributed by atoms with Gasteiger partial charge in [0.2, 0.25) is 0 Å². The van der Waals surface area contributed by atoms with E-state index in [1.807, 2.05) is 12.1 Å². The molecule has 5 heteroatoms. The van der Waals surface area contributed by atoms with Crippen molar-refractivity contribution in [3.63, 3.8) is 0 Å². The summed E-state index contributed by atoms with van der Waals surface area (Å²) in [4.78, 5) is 10.6. The summed E-state index contributed by atoms with van der Waals surface area (Å²) in [5.41, 5.74) is 2.32. The molecule has 2 aromatic rings. The first kappa shape index (κ1) is 14.3. The van der Waals surface area contributed by atoms with Gasteiger partial charge in [-0.1, -0.05) is 35.9 Å². The SMILES string of the molecule is O=C(O)Cc1ccc(CNc2cc(F)cc(Cl)c2)cc1. The van der Waals surface area contributed by atoms with Crippen LogP contribution in [0.15, 0.2) is 42.5 Å². The predicted octanol–water partition coefficient (Wildman–Crippen LogP) is 3.72. The standard InChI is InChI=1S/C15H13ClFNO2/c16-12-6-13(17)8-14(7-12)18-9-11-3-1-10(2-4-11)5-15(19)20/h1-4,6-8,18H,5,9H2,(H,19,20). The maximum absolute atomic E-state index is 13.1. The first-order valence-corrected chi connectivity index (χ1v) is 6.40. The number of carbonyl (C=O) groups is 1. The summed E-state index contributed by atoms with van der Waals surface area (Å²) in [5, 5.41) is 12.1. The Morgan fingerprint density at radius 3 is 2.40 bits per heavy atom. The Bertz CT molecular complexity index is 594. The highest BCUT2D eigenvalue weighted by molar-refractivity contribution is 6.30. The molecule has 0 amide bonds. The van der Waals surface area contributed by atoms with Crippen molar-refractivity contribution in [3.05, 3.63) is 64.4 Å². The van der Waals surface area contributed by atoms with E-state index in [0.717, 1.165) is 11.1 Å². The number of benzene rings is 2. The third kappa shape index (κ3) is 4.24. The minimum atomic E-state index is -0.856. The Hall–Kier alpha value is -2.07. The molecule has 0 aliphatic carbocycles. The molecule has 0 saturated carbocycles. The molecule has 2 N–H and O–H groups in total. The molecule has 0 radical (unpaired) electrons. The van der Waals surface area contributed by atoms with Crippen molar-refractivity contribution in [1.29, 1.82) is 0 Å². The van der Waals surface area contributed by atoms with Gasteiger partial charge in [-0.3, -0.25) is 4.79 Å². The average molecular weight is 294 g/mol. The monoisotopic (exact) mass is 293 g/mol. The summed E-state index contributed by atoms with van der Waals surface area (Å²) >= 11 is 5.77. The zero-order valence-corrected chi connectivity index (χ0v) is 11.3. The fourth-order valence-corrected chi connectivity index (χ4v) is 2.03. The summed E-state index contributed by atoms with van der Waals surface area (Å²) in [6.07, 6.45) is 0.00716. The van der Waals surface area contributed by atoms with Crippen molar-refractivity contribution in [3.8, 4) is 0 Å². The van der Waals surface area contributed by atoms with Crippen LogP contribution in [0.2, 0.25) is 5.02 Å². The quantitative estimate of drug-likeness (QED) is 0.883. The van der Waals surface area contributed by atoms with Gasteiger partial charge < -0.3 is 10.4 Å². The maximum Gasteiger partial charge on any atom is 0.307 e. The van der Waals surface area contributed by atoms with Crippen LogP contribution < -0.4 is 5.32 Å². The molecule has 104 valence electrons. The molecule has 0 unspecified atom stereocenters. The van der Waals surface area contributed by atoms with Crippen LogP contribution in [0.1, 0.15) is 11.1 Å². The number of nitrogens with one attached hydrogen (secondary N) is 1. The van der Waals surface area contributed by atoms with E-state index < -0.39 is 11.8 Å². The summed E-state index contributed by atoms with van der Waals surface area (Å²) in [6.45, 7) is 0.507. The van der Waals surface area contributed by atoms with Crippen LogP contribution in [-0.2, 0) is 17.8 Å². The molecular formula is C15H13ClFNO2. The summed E-state index contributed by atoms with van der Waals surface area (Å²) < 4.78 is 13.1. The molecule has 0 aliphatic heterocycles. The van der Waals surface area contributed by atoms with Gasteiger partial charge in [0, 0.05) is 17.3 Å². The van der Waals surface area contributed by atoms with Crippen molar-refractivity contribution >= 4 is 23.3 Å². The molecule has 0 bridgehead atoms. The Kier molecular flexibility index (Phi) is 4.58. The average Bonchev–Trinajstić information content (AvgIpc) is 2.36. The highest BCUT2D eigenvalue weighted by Crippen LogP contribution is 2.18. The number of rotatable bonds is 5. The number of anilines is 1. The fraction of sp³-hybridized carbons (Fsp3) is 0.133. The van der Waals surface area contributed by atoms with Crippen LogP contribution in [-0.4, -0.2) is 11.1 Å². The zero-order valence-electron chi connectivity index (χ0n) is 10.6. The smallest absolute Gasteiger partial charge is 0.307 e. The van der Waals surface area contributed by atoms with E-state index >= 15 is 0 Å². The van der Waals surface area contributed by atoms with Crippen molar-refractivity contribution in [2.24, 2.45) is 0 Å². The van der Waals surface area contributed by atoms with Crippen LogP contribution in [0.25, 0.3) is 0 Å². The number of aliphatic carboxylic acids is 1. The van der Waals surface area contributed by atoms with Gasteiger partial charge in [-0.05, 0) is 29.3 Å². The molecule has 0 aromatic heterocycles. The van der Waals surface area contributed by atoms with E-state index in [2.05, 4.69) is 5.32 Å². The Balaban J connectivity index is 1.98. The second-order valence-electron chi connectivity index (χ2n) is 4.40. The van der Waals surface area contributed by atoms with Gasteiger partial charge in [-0.25, -0.2) is 4.39 Å². The lowest BCUT2D eigenvalue weighted by atomic mass is 10.1. The van der Waals surface area contributed by atoms with Crippen LogP contribution >= 0.6 is 11.6 Å². The lowest BCUT2D eigenvalue weighted by Crippen LogP contribution is -2.02. The molecule has 2 aromatic carbocycles. The molecule has 2 rings (SSSR count). The third-order valence-electron chi connectivity index (χ3n) is 2.74. The van der Waals surface area contributed by atoms with Crippen molar-refractivity contribution in [2.75, 3.05) is 5.32 Å². The lowest BCUT2D eigenvalue weighted by molar-refractivity contribution is -0.136. The second-order valence-corrected chi connectivity index (χ2v) is 4.84. The van der Waals surface area contributed by atoms with E-state index in [-0.39, 0.29) is 6.42 Å². The maximum atomic E-state index is 13.1. The molecule has 20 heavy (non-hydrogen) atoms. The van der Waals surface area contributed by atoms with Gasteiger partial charge in [0.15, 0.2) is 0 Å². The molecule has 0 atom stereocenters. The highest BCUT2D eigenvalue weighted by Gasteiger charge is 2.02. The molecule has 0 aliphatic rings. The Morgan fingerprint density at radius 2 is 1.80 bits per heavy atom. The fourth-order valence-electron chi connectivity index (χ4n) is 1.81. The van der Waals surface area contributed by atoms with Gasteiger partial charge in [-0.2, -0.15) is 0 Å². The Labute approximate surface area is 121 Å². The van der Waals surface area contributed by atoms with E-state index in [4.69, 9.17) is 16.7 Å². The Morgan fingerprint density at radius 1 is 1.15 bits per heavy atom. The van der Waals surface area contributed by atoms with Gasteiger partial charge >= 0.3 is 5.97 Å². The third-order valence-corrected chi connectivity index (χ3v) is 2.96. The number of hydrogen-bond donors (Lipinski definition) is 2. The minimum absolute atomic E-state index is 0.00716. The zero-order chi connectivity index (χ0) is 14.5. The molecule has 3 nitrogen and oxygen atoms in total. The van der Waals surface area contributed by atoms with Gasteiger partial charge in [0.1, 0.15) is 5.82 Å². The first-order valence-electron chi connectivity index (χ1n) is 6.02. The van der Waals surface area contributed by atoms with Crippen LogP contribution in [0.4, 0.5) is 10.1 Å². The number of carboxylic acids is 1. The van der Waals surface area contributed by atoms with E-state index in [0.29, 0.717) is 17.3 Å². The van der Waals surface area contributed by atoms with Gasteiger partial charge in [-0.15, -0.1) is 0 Å². The van der Waals surface area contributed by atoms with Crippen LogP contribution in [0, 0.1) is 5.82 Å². The van der Waals surface area contributed by atoms with E-state index in [9.17, 15) is 9.18 Å². The van der Waals surface area contributed by atoms with Crippen LogP contribution in [0.5, 0.6) is 0 Å². The summed E-state index contributed by atoms with van der Waals surface area (Å²) in [7, 11) is 0. The highest BCUT2D eigenvalue weighted by atomic mass is 35.5. The van der Waals surface area contributed by atoms with E-state index in [1.54, 1.807) is 18.2 Å². The lowest BCUT2D eigenvalue weighted by Gasteiger charge is -2.08. The molecule has 0 fully saturated rings. The normalized spacial score (nSPS) is 10.3. The number of carboxylic acid groups (broad SMARTS) is 1. The minimum Gasteiger partial charge on any atom is -0.481 e. The van der Waals surface area contributed by atoms with Gasteiger partial charge in [0.05, 0.1) is 6.42 Å². The van der Waals surface area contributed by atoms with Gasteiger partial charge in [0.25, 0.3) is 0 Å². The van der Waals surface area contributed by atoms with Crippen molar-refractivity contribution < 1.29 is 14.3 Å². The largest absolute Gasteiger partial charge is 0.481 e. The summed E-state index contributed by atoms with van der Waals surface area (Å²) in [5.74, 6) is -1.25. The summed E-state index contributed by atoms with van der Waals surface area (Å²) in [6, 6.07) is 11.5. The molecule has 0 saturated heterocycles. The molecular weight excluding hydrogens is 281 g/mol. The van der Waals surface area contributed by atoms with Crippen molar-refractivity contribution in [1.82, 2.24) is 0 Å². The van der Waals surface area contributed by atoms with E-state index in [1.165, 1.54) is 12.1 Å². The molecule has 0 heterocycles. The van der Waals surface area contributed by atoms with Crippen LogP contribution in [0.3, 0.4) is 0 Å². The number of halogens is 2. The van der Waals surface area contributed by atoms with Crippen molar-refractivity contribution in [2.45, 2.75) is 13.0 Å².